The molecule has 1 amide bonds. The van der Waals surface area contributed by atoms with Crippen LogP contribution in [0.15, 0.2) is 26.5 Å². The van der Waals surface area contributed by atoms with Crippen molar-refractivity contribution in [2.45, 2.75) is 16.0 Å². The Morgan fingerprint density at radius 2 is 2.21 bits per heavy atom. The molecule has 6 nitrogen and oxygen atoms in total. The molecule has 0 saturated heterocycles. The number of anilines is 2. The average Bonchev–Trinajstić information content (AvgIpc) is 2.54. The van der Waals surface area contributed by atoms with Crippen LogP contribution in [-0.2, 0) is 9.59 Å². The van der Waals surface area contributed by atoms with E-state index in [1.54, 1.807) is 6.07 Å². The van der Waals surface area contributed by atoms with Crippen LogP contribution >= 0.6 is 51.1 Å². The first-order chi connectivity index (χ1) is 11.5. The molecule has 0 fully saturated rings. The monoisotopic (exact) mass is 441 g/mol. The van der Waals surface area contributed by atoms with Crippen molar-refractivity contribution in [3.8, 4) is 0 Å². The third-order valence-corrected chi connectivity index (χ3v) is 6.16. The fourth-order valence-corrected chi connectivity index (χ4v) is 4.76. The smallest absolute Gasteiger partial charge is 0.235 e. The molecule has 0 bridgehead atoms. The van der Waals surface area contributed by atoms with Gasteiger partial charge in [0.15, 0.2) is 0 Å². The zero-order chi connectivity index (χ0) is 16.8. The number of hydrogen-bond donors (Lipinski definition) is 2. The van der Waals surface area contributed by atoms with E-state index in [0.717, 1.165) is 16.7 Å². The van der Waals surface area contributed by atoms with Gasteiger partial charge in [-0.1, -0.05) is 11.6 Å². The van der Waals surface area contributed by atoms with Crippen LogP contribution in [0.4, 0.5) is 11.5 Å². The summed E-state index contributed by atoms with van der Waals surface area (Å²) in [5.41, 5.74) is 1.15. The van der Waals surface area contributed by atoms with Crippen molar-refractivity contribution >= 4 is 73.6 Å². The molecule has 4 heterocycles. The first kappa shape index (κ1) is 16.2. The molecule has 1 atom stereocenters. The Morgan fingerprint density at radius 1 is 1.38 bits per heavy atom. The van der Waals surface area contributed by atoms with E-state index < -0.39 is 6.04 Å². The lowest BCUT2D eigenvalue weighted by Crippen LogP contribution is -2.26. The summed E-state index contributed by atoms with van der Waals surface area (Å²) in [6.07, 6.45) is 2.62. The van der Waals surface area contributed by atoms with Gasteiger partial charge >= 0.3 is 0 Å². The second-order valence-electron chi connectivity index (χ2n) is 4.97. The number of rotatable bonds is 1. The molecule has 2 N–H and O–H groups in total. The minimum Gasteiger partial charge on any atom is -0.367 e. The maximum Gasteiger partial charge on any atom is 0.235 e. The van der Waals surface area contributed by atoms with Crippen molar-refractivity contribution in [1.82, 2.24) is 9.97 Å². The molecule has 121 valence electrons. The van der Waals surface area contributed by atoms with Crippen molar-refractivity contribution in [1.29, 1.82) is 0 Å². The van der Waals surface area contributed by atoms with Gasteiger partial charge in [0.2, 0.25) is 11.0 Å². The number of nitrogens with one attached hydrogen (secondary N) is 2. The van der Waals surface area contributed by atoms with Gasteiger partial charge in [0, 0.05) is 4.47 Å². The second kappa shape index (κ2) is 6.21. The number of nitrogens with zero attached hydrogens (tertiary/aromatic N) is 2. The van der Waals surface area contributed by atoms with Gasteiger partial charge in [-0.15, -0.1) is 11.8 Å². The minimum atomic E-state index is -0.675. The van der Waals surface area contributed by atoms with Gasteiger partial charge < -0.3 is 10.6 Å². The Labute approximate surface area is 158 Å². The van der Waals surface area contributed by atoms with Crippen LogP contribution in [0.2, 0.25) is 5.02 Å². The van der Waals surface area contributed by atoms with Gasteiger partial charge in [0.25, 0.3) is 0 Å². The zero-order valence-corrected chi connectivity index (χ0v) is 15.7. The van der Waals surface area contributed by atoms with Crippen molar-refractivity contribution in [2.24, 2.45) is 0 Å². The van der Waals surface area contributed by atoms with Crippen molar-refractivity contribution < 1.29 is 9.59 Å². The van der Waals surface area contributed by atoms with Crippen LogP contribution in [0, 0.1) is 6.20 Å². The summed E-state index contributed by atoms with van der Waals surface area (Å²) in [4.78, 5) is 33.4. The third kappa shape index (κ3) is 2.90. The highest BCUT2D eigenvalue weighted by atomic mass is 79.9. The van der Waals surface area contributed by atoms with Crippen LogP contribution in [-0.4, -0.2) is 26.7 Å². The Kier molecular flexibility index (Phi) is 4.19. The van der Waals surface area contributed by atoms with Crippen molar-refractivity contribution in [3.63, 3.8) is 0 Å². The Morgan fingerprint density at radius 3 is 3.04 bits per heavy atom. The molecule has 1 radical (unpaired) electrons. The lowest BCUT2D eigenvalue weighted by atomic mass is 10.2. The largest absolute Gasteiger partial charge is 0.367 e. The number of carbonyl (C=O) groups excluding carboxylic acids is 2. The summed E-state index contributed by atoms with van der Waals surface area (Å²) in [7, 11) is 0. The second-order valence-corrected chi connectivity index (χ2v) is 8.24. The van der Waals surface area contributed by atoms with Gasteiger partial charge in [-0.2, -0.15) is 0 Å². The Balaban J connectivity index is 1.75. The van der Waals surface area contributed by atoms with Crippen molar-refractivity contribution in [2.75, 3.05) is 16.4 Å². The molecule has 24 heavy (non-hydrogen) atoms. The van der Waals surface area contributed by atoms with Gasteiger partial charge in [-0.05, 0) is 39.8 Å². The number of amides is 1. The number of carbonyl (C=O) groups is 2. The molecule has 0 aliphatic carbocycles. The fourth-order valence-electron chi connectivity index (χ4n) is 2.31. The Bertz CT molecular complexity index is 895. The van der Waals surface area contributed by atoms with E-state index in [4.69, 9.17) is 11.6 Å². The highest BCUT2D eigenvalue weighted by Gasteiger charge is 2.33. The van der Waals surface area contributed by atoms with Gasteiger partial charge in [0.05, 0.1) is 27.1 Å². The predicted molar refractivity (Wildman–Crippen MR) is 96.6 cm³/mol. The summed E-state index contributed by atoms with van der Waals surface area (Å²) < 4.78 is 0.696. The van der Waals surface area contributed by atoms with E-state index >= 15 is 0 Å². The Hall–Kier alpha value is -1.29. The maximum atomic E-state index is 12.5. The molecule has 2 aliphatic heterocycles. The lowest BCUT2D eigenvalue weighted by Gasteiger charge is -2.26. The number of aromatic nitrogens is 2. The normalized spacial score (nSPS) is 19.2. The SMILES string of the molecule is O=C1CSc2cc(Br)c(C3Nc4cc(Cl)[c]nc4SC3=O)nc2N1. The standard InChI is InChI=1S/C14H7BrClN4O2S2/c15-6-2-8-12(19-9(21)4-23-8)20-10(6)11-14(22)24-13-7(18-11)1-5(16)3-17-13/h1-2,11,18H,4H2,(H,19,20,21). The van der Waals surface area contributed by atoms with Crippen LogP contribution in [0.5, 0.6) is 0 Å². The molecule has 0 spiro atoms. The number of fused-ring (bicyclic) bond motifs is 2. The first-order valence-electron chi connectivity index (χ1n) is 6.71. The number of halogens is 2. The van der Waals surface area contributed by atoms with Crippen LogP contribution in [0.1, 0.15) is 11.7 Å². The van der Waals surface area contributed by atoms with E-state index in [2.05, 4.69) is 42.7 Å². The van der Waals surface area contributed by atoms with E-state index in [-0.39, 0.29) is 11.0 Å². The molecule has 4 rings (SSSR count). The molecule has 2 aliphatic rings. The number of pyridine rings is 2. The van der Waals surface area contributed by atoms with E-state index in [0.29, 0.717) is 37.5 Å². The molecular weight excluding hydrogens is 436 g/mol. The molecule has 2 aromatic heterocycles. The van der Waals surface area contributed by atoms with E-state index in [1.165, 1.54) is 11.8 Å². The van der Waals surface area contributed by atoms with Crippen molar-refractivity contribution in [3.05, 3.63) is 33.5 Å². The zero-order valence-electron chi connectivity index (χ0n) is 11.7. The molecule has 10 heteroatoms. The highest BCUT2D eigenvalue weighted by Crippen LogP contribution is 2.42. The van der Waals surface area contributed by atoms with E-state index in [9.17, 15) is 9.59 Å². The molecule has 1 unspecified atom stereocenters. The first-order valence-corrected chi connectivity index (χ1v) is 9.68. The summed E-state index contributed by atoms with van der Waals surface area (Å²) >= 11 is 11.8. The number of hydrogen-bond acceptors (Lipinski definition) is 7. The van der Waals surface area contributed by atoms with Gasteiger partial charge in [-0.25, -0.2) is 9.97 Å². The molecule has 2 aromatic rings. The molecule has 0 aromatic carbocycles. The minimum absolute atomic E-state index is 0.109. The summed E-state index contributed by atoms with van der Waals surface area (Å²) in [5, 5.41) is 6.59. The maximum absolute atomic E-state index is 12.5. The van der Waals surface area contributed by atoms with E-state index in [1.807, 2.05) is 6.07 Å². The summed E-state index contributed by atoms with van der Waals surface area (Å²) in [5.74, 6) is 0.713. The molecular formula is C14H7BrClN4O2S2. The lowest BCUT2D eigenvalue weighted by molar-refractivity contribution is -0.114. The molecule has 0 saturated carbocycles. The topological polar surface area (TPSA) is 84.0 Å². The third-order valence-electron chi connectivity index (χ3n) is 3.36. The van der Waals surface area contributed by atoms with Gasteiger partial charge in [-0.3, -0.25) is 9.59 Å². The predicted octanol–water partition coefficient (Wildman–Crippen LogP) is 3.52. The van der Waals surface area contributed by atoms with Crippen LogP contribution in [0.25, 0.3) is 0 Å². The van der Waals surface area contributed by atoms with Crippen LogP contribution < -0.4 is 10.6 Å². The average molecular weight is 443 g/mol. The number of thioether (sulfide) groups is 2. The fraction of sp³-hybridized carbons (Fsp3) is 0.143. The summed E-state index contributed by atoms with van der Waals surface area (Å²) in [6, 6.07) is 2.85. The van der Waals surface area contributed by atoms with Crippen LogP contribution in [0.3, 0.4) is 0 Å². The van der Waals surface area contributed by atoms with Gasteiger partial charge in [0.1, 0.15) is 23.1 Å². The highest BCUT2D eigenvalue weighted by molar-refractivity contribution is 9.10. The quantitative estimate of drug-likeness (QED) is 0.699. The summed E-state index contributed by atoms with van der Waals surface area (Å²) in [6.45, 7) is 0.